The molecular formula is C15H17ClF3N3O. The molecule has 0 aromatic heterocycles. The Morgan fingerprint density at radius 2 is 1.96 bits per heavy atom. The molecule has 1 fully saturated rings. The van der Waals surface area contributed by atoms with Gasteiger partial charge in [-0.25, -0.2) is 5.43 Å². The van der Waals surface area contributed by atoms with E-state index in [1.807, 2.05) is 12.1 Å². The van der Waals surface area contributed by atoms with Crippen LogP contribution in [0.25, 0.3) is 0 Å². The molecule has 1 atom stereocenters. The van der Waals surface area contributed by atoms with Crippen LogP contribution in [0, 0.1) is 0 Å². The monoisotopic (exact) mass is 347 g/mol. The highest BCUT2D eigenvalue weighted by Crippen LogP contribution is 2.31. The van der Waals surface area contributed by atoms with E-state index in [0.29, 0.717) is 18.0 Å². The van der Waals surface area contributed by atoms with Crippen LogP contribution in [-0.2, 0) is 11.2 Å². The first kappa shape index (κ1) is 17.6. The summed E-state index contributed by atoms with van der Waals surface area (Å²) < 4.78 is 39.1. The molecular weight excluding hydrogens is 331 g/mol. The van der Waals surface area contributed by atoms with Crippen LogP contribution in [-0.4, -0.2) is 36.7 Å². The molecule has 8 heteroatoms. The number of nitrogens with zero attached hydrogens (tertiary/aromatic N) is 1. The summed E-state index contributed by atoms with van der Waals surface area (Å²) in [6.07, 6.45) is -3.93. The summed E-state index contributed by atoms with van der Waals surface area (Å²) in [5.41, 5.74) is 3.07. The maximum Gasteiger partial charge on any atom is 0.409 e. The number of alkyl halides is 3. The Morgan fingerprint density at radius 1 is 1.35 bits per heavy atom. The molecule has 0 saturated carbocycles. The van der Waals surface area contributed by atoms with E-state index in [2.05, 4.69) is 10.7 Å². The van der Waals surface area contributed by atoms with E-state index in [1.54, 1.807) is 12.1 Å². The van der Waals surface area contributed by atoms with Crippen LogP contribution in [0.15, 0.2) is 35.5 Å². The number of allylic oxidation sites excluding steroid dienone is 1. The molecule has 1 aliphatic heterocycles. The van der Waals surface area contributed by atoms with E-state index in [4.69, 9.17) is 11.6 Å². The molecule has 0 aliphatic carbocycles. The van der Waals surface area contributed by atoms with Gasteiger partial charge in [-0.2, -0.15) is 13.2 Å². The summed E-state index contributed by atoms with van der Waals surface area (Å²) in [6.45, 7) is 1.90. The number of nitrogens with one attached hydrogen (secondary N) is 2. The van der Waals surface area contributed by atoms with Gasteiger partial charge in [-0.05, 0) is 31.0 Å². The third kappa shape index (κ3) is 4.17. The molecule has 0 bridgehead atoms. The number of carbonyl (C=O) groups excluding carboxylic acids is 1. The lowest BCUT2D eigenvalue weighted by Crippen LogP contribution is -2.43. The number of carbonyl (C=O) groups is 1. The van der Waals surface area contributed by atoms with Gasteiger partial charge in [0.2, 0.25) is 0 Å². The number of hydrogen-bond acceptors (Lipinski definition) is 3. The van der Waals surface area contributed by atoms with E-state index >= 15 is 0 Å². The normalized spacial score (nSPS) is 20.9. The van der Waals surface area contributed by atoms with Gasteiger partial charge < -0.3 is 5.32 Å². The van der Waals surface area contributed by atoms with Crippen molar-refractivity contribution in [3.63, 3.8) is 0 Å². The fourth-order valence-electron chi connectivity index (χ4n) is 2.38. The molecule has 1 saturated heterocycles. The van der Waals surface area contributed by atoms with Crippen molar-refractivity contribution in [3.05, 3.63) is 46.1 Å². The molecule has 23 heavy (non-hydrogen) atoms. The highest BCUT2D eigenvalue weighted by Gasteiger charge is 2.50. The molecule has 4 nitrogen and oxygen atoms in total. The van der Waals surface area contributed by atoms with Crippen LogP contribution >= 0.6 is 11.6 Å². The van der Waals surface area contributed by atoms with Gasteiger partial charge in [0.15, 0.2) is 6.04 Å². The lowest BCUT2D eigenvalue weighted by atomic mass is 10.1. The van der Waals surface area contributed by atoms with Crippen LogP contribution in [0.1, 0.15) is 12.5 Å². The quantitative estimate of drug-likeness (QED) is 0.823. The summed E-state index contributed by atoms with van der Waals surface area (Å²) >= 11 is 5.79. The van der Waals surface area contributed by atoms with Gasteiger partial charge >= 0.3 is 6.18 Å². The van der Waals surface area contributed by atoms with E-state index in [-0.39, 0.29) is 11.3 Å². The second kappa shape index (κ2) is 6.80. The smallest absolute Gasteiger partial charge is 0.388 e. The van der Waals surface area contributed by atoms with Crippen LogP contribution in [0.2, 0.25) is 5.02 Å². The van der Waals surface area contributed by atoms with E-state index < -0.39 is 18.1 Å². The number of amides is 1. The fraction of sp³-hybridized carbons (Fsp3) is 0.400. The van der Waals surface area contributed by atoms with Gasteiger partial charge in [0.05, 0.1) is 5.57 Å². The van der Waals surface area contributed by atoms with Crippen molar-refractivity contribution in [2.75, 3.05) is 13.6 Å². The number of likely N-dealkylation sites (N-methyl/N-ethyl adjacent to an activating group) is 1. The summed E-state index contributed by atoms with van der Waals surface area (Å²) in [7, 11) is 1.27. The van der Waals surface area contributed by atoms with E-state index in [0.717, 1.165) is 10.6 Å². The number of hydrazine groups is 1. The first-order valence-corrected chi connectivity index (χ1v) is 7.38. The van der Waals surface area contributed by atoms with E-state index in [9.17, 15) is 18.0 Å². The van der Waals surface area contributed by atoms with Gasteiger partial charge in [0.1, 0.15) is 0 Å². The van der Waals surface area contributed by atoms with Crippen molar-refractivity contribution in [2.24, 2.45) is 0 Å². The Kier molecular flexibility index (Phi) is 5.21. The molecule has 0 radical (unpaired) electrons. The number of benzene rings is 1. The van der Waals surface area contributed by atoms with Crippen molar-refractivity contribution >= 4 is 17.5 Å². The zero-order valence-corrected chi connectivity index (χ0v) is 13.4. The van der Waals surface area contributed by atoms with Crippen molar-refractivity contribution in [1.82, 2.24) is 15.8 Å². The Balaban J connectivity index is 2.06. The third-order valence-electron chi connectivity index (χ3n) is 3.59. The molecule has 0 spiro atoms. The summed E-state index contributed by atoms with van der Waals surface area (Å²) in [4.78, 5) is 11.9. The average Bonchev–Trinajstić information content (AvgIpc) is 2.77. The average molecular weight is 348 g/mol. The molecule has 2 N–H and O–H groups in total. The predicted molar refractivity (Wildman–Crippen MR) is 81.6 cm³/mol. The number of halogens is 4. The molecule has 1 aromatic rings. The Bertz CT molecular complexity index is 613. The van der Waals surface area contributed by atoms with Crippen LogP contribution < -0.4 is 10.7 Å². The van der Waals surface area contributed by atoms with Gasteiger partial charge in [0.25, 0.3) is 5.91 Å². The van der Waals surface area contributed by atoms with Crippen molar-refractivity contribution in [1.29, 1.82) is 0 Å². The van der Waals surface area contributed by atoms with Crippen molar-refractivity contribution in [3.8, 4) is 0 Å². The van der Waals surface area contributed by atoms with E-state index in [1.165, 1.54) is 14.0 Å². The summed E-state index contributed by atoms with van der Waals surface area (Å²) in [6, 6.07) is 5.22. The zero-order valence-electron chi connectivity index (χ0n) is 12.7. The minimum absolute atomic E-state index is 0.225. The maximum atomic E-state index is 13.0. The molecule has 1 unspecified atom stereocenters. The van der Waals surface area contributed by atoms with Crippen LogP contribution in [0.5, 0.6) is 0 Å². The minimum Gasteiger partial charge on any atom is -0.388 e. The Labute approximate surface area is 137 Å². The first-order valence-electron chi connectivity index (χ1n) is 7.00. The van der Waals surface area contributed by atoms with Crippen LogP contribution in [0.4, 0.5) is 13.2 Å². The molecule has 1 amide bonds. The molecule has 1 aromatic carbocycles. The highest BCUT2D eigenvalue weighted by molar-refractivity contribution is 6.30. The third-order valence-corrected chi connectivity index (χ3v) is 3.85. The second-order valence-electron chi connectivity index (χ2n) is 5.31. The highest BCUT2D eigenvalue weighted by atomic mass is 35.5. The maximum absolute atomic E-state index is 13.0. The Morgan fingerprint density at radius 3 is 2.52 bits per heavy atom. The number of hydrogen-bond donors (Lipinski definition) is 2. The SMILES string of the molecule is CC(NCCc1ccc(Cl)cc1)=C1C(=O)N(C)NC1C(F)(F)F. The summed E-state index contributed by atoms with van der Waals surface area (Å²) in [5, 5.41) is 4.38. The molecule has 1 aliphatic rings. The van der Waals surface area contributed by atoms with Gasteiger partial charge in [-0.15, -0.1) is 0 Å². The molecule has 126 valence electrons. The molecule has 1 heterocycles. The lowest BCUT2D eigenvalue weighted by molar-refractivity contribution is -0.149. The largest absolute Gasteiger partial charge is 0.409 e. The molecule has 2 rings (SSSR count). The standard InChI is InChI=1S/C15H17ClF3N3O/c1-9(20-8-7-10-3-5-11(16)6-4-10)12-13(15(17,18)19)21-22(2)14(12)23/h3-6,13,20-21H,7-8H2,1-2H3. The topological polar surface area (TPSA) is 44.4 Å². The van der Waals surface area contributed by atoms with Gasteiger partial charge in [-0.1, -0.05) is 23.7 Å². The second-order valence-corrected chi connectivity index (χ2v) is 5.75. The minimum atomic E-state index is -4.53. The van der Waals surface area contributed by atoms with Gasteiger partial charge in [-0.3, -0.25) is 9.80 Å². The van der Waals surface area contributed by atoms with Crippen molar-refractivity contribution < 1.29 is 18.0 Å². The zero-order chi connectivity index (χ0) is 17.2. The lowest BCUT2D eigenvalue weighted by Gasteiger charge is -2.17. The fourth-order valence-corrected chi connectivity index (χ4v) is 2.50. The summed E-state index contributed by atoms with van der Waals surface area (Å²) in [5.74, 6) is -0.677. The predicted octanol–water partition coefficient (Wildman–Crippen LogP) is 2.65. The first-order chi connectivity index (χ1) is 10.7. The number of rotatable bonds is 4. The Hall–Kier alpha value is -1.73. The van der Waals surface area contributed by atoms with Crippen molar-refractivity contribution in [2.45, 2.75) is 25.6 Å². The van der Waals surface area contributed by atoms with Crippen LogP contribution in [0.3, 0.4) is 0 Å². The van der Waals surface area contributed by atoms with Gasteiger partial charge in [0, 0.05) is 24.3 Å².